The zero-order valence-corrected chi connectivity index (χ0v) is 8.00. The van der Waals surface area contributed by atoms with Crippen molar-refractivity contribution in [3.8, 4) is 0 Å². The standard InChI is InChI=1S/C11H13NO/c1-8-3-4-9(7-12-8)10(13)11(2)5-6-11/h3-4,7H,5-6H2,1-2H3. The fraction of sp³-hybridized carbons (Fsp3) is 0.455. The molecule has 1 saturated carbocycles. The van der Waals surface area contributed by atoms with E-state index < -0.39 is 0 Å². The monoisotopic (exact) mass is 175 g/mol. The lowest BCUT2D eigenvalue weighted by atomic mass is 9.98. The van der Waals surface area contributed by atoms with E-state index in [0.717, 1.165) is 24.1 Å². The Morgan fingerprint density at radius 3 is 2.62 bits per heavy atom. The number of Topliss-reactive ketones (excluding diaryl/α,β-unsaturated/α-hetero) is 1. The van der Waals surface area contributed by atoms with Gasteiger partial charge in [-0.15, -0.1) is 0 Å². The summed E-state index contributed by atoms with van der Waals surface area (Å²) < 4.78 is 0. The van der Waals surface area contributed by atoms with Gasteiger partial charge in [0.25, 0.3) is 0 Å². The first kappa shape index (κ1) is 8.42. The molecule has 68 valence electrons. The molecule has 1 aliphatic carbocycles. The highest BCUT2D eigenvalue weighted by molar-refractivity contribution is 6.01. The highest BCUT2D eigenvalue weighted by atomic mass is 16.1. The molecule has 0 N–H and O–H groups in total. The number of aryl methyl sites for hydroxylation is 1. The van der Waals surface area contributed by atoms with Gasteiger partial charge in [-0.25, -0.2) is 0 Å². The van der Waals surface area contributed by atoms with Crippen molar-refractivity contribution in [2.24, 2.45) is 5.41 Å². The maximum atomic E-state index is 11.8. The summed E-state index contributed by atoms with van der Waals surface area (Å²) in [4.78, 5) is 15.9. The van der Waals surface area contributed by atoms with E-state index in [-0.39, 0.29) is 11.2 Å². The summed E-state index contributed by atoms with van der Waals surface area (Å²) in [7, 11) is 0. The second kappa shape index (κ2) is 2.66. The molecule has 0 unspecified atom stereocenters. The van der Waals surface area contributed by atoms with Gasteiger partial charge in [0.15, 0.2) is 5.78 Å². The number of pyridine rings is 1. The number of hydrogen-bond acceptors (Lipinski definition) is 2. The molecule has 0 aromatic carbocycles. The normalized spacial score (nSPS) is 18.3. The molecule has 1 heterocycles. The molecule has 0 spiro atoms. The smallest absolute Gasteiger partial charge is 0.170 e. The first-order valence-corrected chi connectivity index (χ1v) is 4.59. The number of carbonyl (C=O) groups excluding carboxylic acids is 1. The van der Waals surface area contributed by atoms with Crippen LogP contribution in [0.1, 0.15) is 35.8 Å². The number of carbonyl (C=O) groups is 1. The molecule has 1 aliphatic rings. The molecule has 0 bridgehead atoms. The van der Waals surface area contributed by atoms with Crippen molar-refractivity contribution < 1.29 is 4.79 Å². The third-order valence-corrected chi connectivity index (χ3v) is 2.72. The van der Waals surface area contributed by atoms with E-state index in [4.69, 9.17) is 0 Å². The Labute approximate surface area is 78.0 Å². The molecule has 13 heavy (non-hydrogen) atoms. The summed E-state index contributed by atoms with van der Waals surface area (Å²) in [6, 6.07) is 3.76. The quantitative estimate of drug-likeness (QED) is 0.646. The molecule has 1 fully saturated rings. The van der Waals surface area contributed by atoms with Gasteiger partial charge < -0.3 is 0 Å². The summed E-state index contributed by atoms with van der Waals surface area (Å²) in [6.07, 6.45) is 3.74. The van der Waals surface area contributed by atoms with Crippen LogP contribution >= 0.6 is 0 Å². The second-order valence-electron chi connectivity index (χ2n) is 4.08. The van der Waals surface area contributed by atoms with Crippen LogP contribution in [0.15, 0.2) is 18.3 Å². The third-order valence-electron chi connectivity index (χ3n) is 2.72. The lowest BCUT2D eigenvalue weighted by Gasteiger charge is -2.06. The molecular formula is C11H13NO. The van der Waals surface area contributed by atoms with Crippen molar-refractivity contribution in [3.05, 3.63) is 29.6 Å². The Bertz CT molecular complexity index is 336. The number of ketones is 1. The van der Waals surface area contributed by atoms with Crippen LogP contribution in [0, 0.1) is 12.3 Å². The first-order chi connectivity index (χ1) is 6.12. The van der Waals surface area contributed by atoms with E-state index >= 15 is 0 Å². The van der Waals surface area contributed by atoms with Crippen LogP contribution in [0.4, 0.5) is 0 Å². The van der Waals surface area contributed by atoms with Crippen LogP contribution in [-0.4, -0.2) is 10.8 Å². The minimum Gasteiger partial charge on any atom is -0.294 e. The lowest BCUT2D eigenvalue weighted by Crippen LogP contribution is -2.12. The van der Waals surface area contributed by atoms with Gasteiger partial charge >= 0.3 is 0 Å². The van der Waals surface area contributed by atoms with Crippen LogP contribution in [-0.2, 0) is 0 Å². The Kier molecular flexibility index (Phi) is 1.72. The highest BCUT2D eigenvalue weighted by Crippen LogP contribution is 2.47. The summed E-state index contributed by atoms with van der Waals surface area (Å²) in [5, 5.41) is 0. The van der Waals surface area contributed by atoms with Crippen LogP contribution in [0.5, 0.6) is 0 Å². The van der Waals surface area contributed by atoms with Gasteiger partial charge in [0.2, 0.25) is 0 Å². The van der Waals surface area contributed by atoms with Crippen LogP contribution in [0.25, 0.3) is 0 Å². The SMILES string of the molecule is Cc1ccc(C(=O)C2(C)CC2)cn1. The molecule has 2 heteroatoms. The third kappa shape index (κ3) is 1.48. The van der Waals surface area contributed by atoms with Crippen molar-refractivity contribution in [1.29, 1.82) is 0 Å². The Morgan fingerprint density at radius 1 is 1.46 bits per heavy atom. The van der Waals surface area contributed by atoms with Gasteiger partial charge in [0.05, 0.1) is 0 Å². The van der Waals surface area contributed by atoms with Crippen molar-refractivity contribution in [1.82, 2.24) is 4.98 Å². The van der Waals surface area contributed by atoms with Crippen molar-refractivity contribution >= 4 is 5.78 Å². The lowest BCUT2D eigenvalue weighted by molar-refractivity contribution is 0.0912. The van der Waals surface area contributed by atoms with Crippen LogP contribution in [0.2, 0.25) is 0 Å². The molecule has 1 aromatic heterocycles. The summed E-state index contributed by atoms with van der Waals surface area (Å²) in [5.41, 5.74) is 1.64. The zero-order valence-electron chi connectivity index (χ0n) is 8.00. The van der Waals surface area contributed by atoms with E-state index in [9.17, 15) is 4.79 Å². The molecule has 0 radical (unpaired) electrons. The van der Waals surface area contributed by atoms with Gasteiger partial charge in [-0.3, -0.25) is 9.78 Å². The van der Waals surface area contributed by atoms with Crippen LogP contribution in [0.3, 0.4) is 0 Å². The summed E-state index contributed by atoms with van der Waals surface area (Å²) >= 11 is 0. The minimum atomic E-state index is -0.0725. The van der Waals surface area contributed by atoms with E-state index in [1.807, 2.05) is 26.0 Å². The van der Waals surface area contributed by atoms with Gasteiger partial charge in [-0.05, 0) is 31.9 Å². The molecular weight excluding hydrogens is 162 g/mol. The molecule has 2 nitrogen and oxygen atoms in total. The van der Waals surface area contributed by atoms with Crippen molar-refractivity contribution in [3.63, 3.8) is 0 Å². The molecule has 1 aromatic rings. The summed E-state index contributed by atoms with van der Waals surface area (Å²) in [5.74, 6) is 0.250. The maximum absolute atomic E-state index is 11.8. The Balaban J connectivity index is 2.26. The Hall–Kier alpha value is -1.18. The average molecular weight is 175 g/mol. The van der Waals surface area contributed by atoms with E-state index in [2.05, 4.69) is 4.98 Å². The van der Waals surface area contributed by atoms with Crippen molar-refractivity contribution in [2.45, 2.75) is 26.7 Å². The number of rotatable bonds is 2. The fourth-order valence-corrected chi connectivity index (χ4v) is 1.37. The van der Waals surface area contributed by atoms with Gasteiger partial charge in [-0.2, -0.15) is 0 Å². The predicted molar refractivity (Wildman–Crippen MR) is 50.6 cm³/mol. The van der Waals surface area contributed by atoms with Gasteiger partial charge in [0.1, 0.15) is 0 Å². The maximum Gasteiger partial charge on any atom is 0.170 e. The van der Waals surface area contributed by atoms with E-state index in [1.54, 1.807) is 6.20 Å². The first-order valence-electron chi connectivity index (χ1n) is 4.59. The average Bonchev–Trinajstić information content (AvgIpc) is 2.85. The molecule has 0 atom stereocenters. The number of hydrogen-bond donors (Lipinski definition) is 0. The predicted octanol–water partition coefficient (Wildman–Crippen LogP) is 2.37. The van der Waals surface area contributed by atoms with Crippen molar-refractivity contribution in [2.75, 3.05) is 0 Å². The molecule has 0 saturated heterocycles. The summed E-state index contributed by atoms with van der Waals surface area (Å²) in [6.45, 7) is 3.95. The topological polar surface area (TPSA) is 30.0 Å². The number of aromatic nitrogens is 1. The largest absolute Gasteiger partial charge is 0.294 e. The van der Waals surface area contributed by atoms with Crippen LogP contribution < -0.4 is 0 Å². The molecule has 2 rings (SSSR count). The van der Waals surface area contributed by atoms with Gasteiger partial charge in [0, 0.05) is 22.9 Å². The fourth-order valence-electron chi connectivity index (χ4n) is 1.37. The van der Waals surface area contributed by atoms with Gasteiger partial charge in [-0.1, -0.05) is 6.92 Å². The highest BCUT2D eigenvalue weighted by Gasteiger charge is 2.44. The zero-order chi connectivity index (χ0) is 9.47. The number of nitrogens with zero attached hydrogens (tertiary/aromatic N) is 1. The Morgan fingerprint density at radius 2 is 2.15 bits per heavy atom. The second-order valence-corrected chi connectivity index (χ2v) is 4.08. The van der Waals surface area contributed by atoms with E-state index in [0.29, 0.717) is 0 Å². The molecule has 0 aliphatic heterocycles. The molecule has 0 amide bonds. The van der Waals surface area contributed by atoms with E-state index in [1.165, 1.54) is 0 Å². The minimum absolute atomic E-state index is 0.0725.